The standard InChI is InChI=1S/C14H10BrF2NO/c1-7-2-5-11(16)12(13(7)17)14(19)9-4-3-8(18)6-10(9)15/h2-6H,18H2,1H3. The molecule has 98 valence electrons. The Hall–Kier alpha value is -1.75. The molecule has 2 nitrogen and oxygen atoms in total. The largest absolute Gasteiger partial charge is 0.399 e. The Morgan fingerprint density at radius 1 is 1.21 bits per heavy atom. The molecule has 0 radical (unpaired) electrons. The molecular formula is C14H10BrF2NO. The lowest BCUT2D eigenvalue weighted by molar-refractivity contribution is 0.103. The molecule has 0 aliphatic heterocycles. The summed E-state index contributed by atoms with van der Waals surface area (Å²) in [5.41, 5.74) is 5.85. The van der Waals surface area contributed by atoms with Gasteiger partial charge in [0.25, 0.3) is 0 Å². The quantitative estimate of drug-likeness (QED) is 0.673. The minimum absolute atomic E-state index is 0.164. The minimum Gasteiger partial charge on any atom is -0.399 e. The van der Waals surface area contributed by atoms with Crippen molar-refractivity contribution in [2.24, 2.45) is 0 Å². The highest BCUT2D eigenvalue weighted by Crippen LogP contribution is 2.26. The number of aryl methyl sites for hydroxylation is 1. The van der Waals surface area contributed by atoms with Crippen LogP contribution in [0.1, 0.15) is 21.5 Å². The molecule has 2 aromatic carbocycles. The van der Waals surface area contributed by atoms with Crippen molar-refractivity contribution in [3.8, 4) is 0 Å². The van der Waals surface area contributed by atoms with Crippen molar-refractivity contribution >= 4 is 27.4 Å². The Labute approximate surface area is 117 Å². The Bertz CT molecular complexity index is 671. The maximum absolute atomic E-state index is 13.9. The lowest BCUT2D eigenvalue weighted by atomic mass is 10.00. The summed E-state index contributed by atoms with van der Waals surface area (Å²) in [5.74, 6) is -2.43. The van der Waals surface area contributed by atoms with Gasteiger partial charge in [0.1, 0.15) is 11.6 Å². The van der Waals surface area contributed by atoms with E-state index in [9.17, 15) is 13.6 Å². The van der Waals surface area contributed by atoms with Crippen LogP contribution in [-0.2, 0) is 0 Å². The molecule has 2 aromatic rings. The van der Waals surface area contributed by atoms with Crippen molar-refractivity contribution < 1.29 is 13.6 Å². The Morgan fingerprint density at radius 2 is 1.89 bits per heavy atom. The molecule has 0 atom stereocenters. The van der Waals surface area contributed by atoms with Gasteiger partial charge in [0.15, 0.2) is 5.78 Å². The summed E-state index contributed by atoms with van der Waals surface area (Å²) in [5, 5.41) is 0. The number of benzene rings is 2. The number of nitrogen functional groups attached to an aromatic ring is 1. The van der Waals surface area contributed by atoms with Gasteiger partial charge in [0.2, 0.25) is 0 Å². The fraction of sp³-hybridized carbons (Fsp3) is 0.0714. The summed E-state index contributed by atoms with van der Waals surface area (Å²) in [6, 6.07) is 6.82. The molecule has 5 heteroatoms. The topological polar surface area (TPSA) is 43.1 Å². The van der Waals surface area contributed by atoms with Gasteiger partial charge in [0.05, 0.1) is 5.56 Å². The van der Waals surface area contributed by atoms with E-state index in [0.717, 1.165) is 6.07 Å². The molecule has 0 heterocycles. The van der Waals surface area contributed by atoms with E-state index in [2.05, 4.69) is 15.9 Å². The number of carbonyl (C=O) groups excluding carboxylic acids is 1. The van der Waals surface area contributed by atoms with Gasteiger partial charge in [-0.2, -0.15) is 0 Å². The molecule has 0 bridgehead atoms. The number of hydrogen-bond acceptors (Lipinski definition) is 2. The number of hydrogen-bond donors (Lipinski definition) is 1. The van der Waals surface area contributed by atoms with Crippen molar-refractivity contribution in [1.82, 2.24) is 0 Å². The molecule has 2 N–H and O–H groups in total. The van der Waals surface area contributed by atoms with Gasteiger partial charge in [-0.05, 0) is 52.7 Å². The maximum atomic E-state index is 13.9. The normalized spacial score (nSPS) is 10.5. The molecule has 0 spiro atoms. The summed E-state index contributed by atoms with van der Waals surface area (Å²) in [4.78, 5) is 12.2. The van der Waals surface area contributed by atoms with Crippen molar-refractivity contribution in [3.63, 3.8) is 0 Å². The molecule has 0 amide bonds. The number of anilines is 1. The molecule has 0 saturated heterocycles. The van der Waals surface area contributed by atoms with Crippen LogP contribution in [0.15, 0.2) is 34.8 Å². The number of nitrogens with two attached hydrogens (primary N) is 1. The smallest absolute Gasteiger partial charge is 0.200 e. The van der Waals surface area contributed by atoms with Gasteiger partial charge in [0, 0.05) is 15.7 Å². The first kappa shape index (κ1) is 13.7. The van der Waals surface area contributed by atoms with Crippen LogP contribution in [-0.4, -0.2) is 5.78 Å². The Balaban J connectivity index is 2.59. The number of rotatable bonds is 2. The van der Waals surface area contributed by atoms with Crippen LogP contribution < -0.4 is 5.73 Å². The predicted molar refractivity (Wildman–Crippen MR) is 73.1 cm³/mol. The molecule has 0 unspecified atom stereocenters. The third-order valence-electron chi connectivity index (χ3n) is 2.75. The Kier molecular flexibility index (Phi) is 3.66. The zero-order valence-electron chi connectivity index (χ0n) is 10.0. The molecule has 0 saturated carbocycles. The summed E-state index contributed by atoms with van der Waals surface area (Å²) in [7, 11) is 0. The minimum atomic E-state index is -0.878. The van der Waals surface area contributed by atoms with E-state index in [4.69, 9.17) is 5.73 Å². The molecule has 0 aliphatic rings. The van der Waals surface area contributed by atoms with E-state index in [1.165, 1.54) is 31.2 Å². The van der Waals surface area contributed by atoms with Crippen LogP contribution in [0.5, 0.6) is 0 Å². The Morgan fingerprint density at radius 3 is 2.53 bits per heavy atom. The predicted octanol–water partition coefficient (Wildman–Crippen LogP) is 3.85. The van der Waals surface area contributed by atoms with E-state index in [1.54, 1.807) is 0 Å². The van der Waals surface area contributed by atoms with Gasteiger partial charge in [-0.1, -0.05) is 6.07 Å². The van der Waals surface area contributed by atoms with Crippen LogP contribution in [0.25, 0.3) is 0 Å². The summed E-state index contributed by atoms with van der Waals surface area (Å²) < 4.78 is 28.0. The van der Waals surface area contributed by atoms with Crippen LogP contribution in [0.2, 0.25) is 0 Å². The zero-order chi connectivity index (χ0) is 14.2. The highest BCUT2D eigenvalue weighted by atomic mass is 79.9. The van der Waals surface area contributed by atoms with E-state index in [-0.39, 0.29) is 11.1 Å². The maximum Gasteiger partial charge on any atom is 0.200 e. The highest BCUT2D eigenvalue weighted by Gasteiger charge is 2.22. The second kappa shape index (κ2) is 5.09. The van der Waals surface area contributed by atoms with Crippen LogP contribution in [0.4, 0.5) is 14.5 Å². The van der Waals surface area contributed by atoms with Crippen LogP contribution >= 0.6 is 15.9 Å². The lowest BCUT2D eigenvalue weighted by Gasteiger charge is -2.08. The fourth-order valence-corrected chi connectivity index (χ4v) is 2.29. The first-order valence-corrected chi connectivity index (χ1v) is 6.25. The van der Waals surface area contributed by atoms with Crippen molar-refractivity contribution in [1.29, 1.82) is 0 Å². The molecule has 0 fully saturated rings. The summed E-state index contributed by atoms with van der Waals surface area (Å²) >= 11 is 3.17. The monoisotopic (exact) mass is 325 g/mol. The van der Waals surface area contributed by atoms with E-state index >= 15 is 0 Å². The molecule has 2 rings (SSSR count). The number of carbonyl (C=O) groups is 1. The third-order valence-corrected chi connectivity index (χ3v) is 3.41. The third kappa shape index (κ3) is 2.51. The SMILES string of the molecule is Cc1ccc(F)c(C(=O)c2ccc(N)cc2Br)c1F. The average Bonchev–Trinajstić information content (AvgIpc) is 2.34. The first-order valence-electron chi connectivity index (χ1n) is 5.46. The summed E-state index contributed by atoms with van der Waals surface area (Å²) in [6.45, 7) is 1.48. The second-order valence-corrected chi connectivity index (χ2v) is 4.98. The lowest BCUT2D eigenvalue weighted by Crippen LogP contribution is -2.09. The highest BCUT2D eigenvalue weighted by molar-refractivity contribution is 9.10. The van der Waals surface area contributed by atoms with E-state index in [0.29, 0.717) is 10.2 Å². The zero-order valence-corrected chi connectivity index (χ0v) is 11.6. The van der Waals surface area contributed by atoms with Crippen molar-refractivity contribution in [3.05, 3.63) is 63.1 Å². The van der Waals surface area contributed by atoms with Crippen molar-refractivity contribution in [2.75, 3.05) is 5.73 Å². The van der Waals surface area contributed by atoms with Crippen LogP contribution in [0.3, 0.4) is 0 Å². The van der Waals surface area contributed by atoms with Gasteiger partial charge < -0.3 is 5.73 Å². The molecule has 19 heavy (non-hydrogen) atoms. The van der Waals surface area contributed by atoms with Crippen LogP contribution in [0, 0.1) is 18.6 Å². The van der Waals surface area contributed by atoms with E-state index < -0.39 is 23.0 Å². The fourth-order valence-electron chi connectivity index (χ4n) is 1.71. The van der Waals surface area contributed by atoms with E-state index in [1.807, 2.05) is 0 Å². The van der Waals surface area contributed by atoms with Gasteiger partial charge in [-0.25, -0.2) is 8.78 Å². The number of halogens is 3. The molecule has 0 aromatic heterocycles. The van der Waals surface area contributed by atoms with Gasteiger partial charge in [-0.15, -0.1) is 0 Å². The first-order chi connectivity index (χ1) is 8.91. The second-order valence-electron chi connectivity index (χ2n) is 4.12. The van der Waals surface area contributed by atoms with Gasteiger partial charge in [-0.3, -0.25) is 4.79 Å². The van der Waals surface area contributed by atoms with Gasteiger partial charge >= 0.3 is 0 Å². The van der Waals surface area contributed by atoms with Crippen molar-refractivity contribution in [2.45, 2.75) is 6.92 Å². The average molecular weight is 326 g/mol. The molecule has 0 aliphatic carbocycles. The number of ketones is 1. The summed E-state index contributed by atoms with van der Waals surface area (Å²) in [6.07, 6.45) is 0. The molecular weight excluding hydrogens is 316 g/mol.